The molecule has 1 unspecified atom stereocenters. The predicted molar refractivity (Wildman–Crippen MR) is 79.4 cm³/mol. The van der Waals surface area contributed by atoms with Gasteiger partial charge in [0.2, 0.25) is 0 Å². The van der Waals surface area contributed by atoms with Gasteiger partial charge < -0.3 is 10.2 Å². The van der Waals surface area contributed by atoms with Crippen LogP contribution in [0, 0.1) is 13.8 Å². The lowest BCUT2D eigenvalue weighted by Gasteiger charge is -2.31. The number of aryl methyl sites for hydroxylation is 2. The van der Waals surface area contributed by atoms with Crippen LogP contribution >= 0.6 is 0 Å². The SMILES string of the molecule is CCn1nc(C)c(C(C)NC2CCN(C)CC2)c1C. The molecule has 0 aliphatic carbocycles. The summed E-state index contributed by atoms with van der Waals surface area (Å²) < 4.78 is 2.11. The third kappa shape index (κ3) is 3.18. The topological polar surface area (TPSA) is 33.1 Å². The van der Waals surface area contributed by atoms with Gasteiger partial charge in [0.1, 0.15) is 0 Å². The van der Waals surface area contributed by atoms with Crippen molar-refractivity contribution in [3.05, 3.63) is 17.0 Å². The van der Waals surface area contributed by atoms with E-state index in [0.717, 1.165) is 6.54 Å². The second-order valence-corrected chi connectivity index (χ2v) is 5.87. The highest BCUT2D eigenvalue weighted by Gasteiger charge is 2.22. The second-order valence-electron chi connectivity index (χ2n) is 5.87. The van der Waals surface area contributed by atoms with Crippen molar-refractivity contribution in [3.63, 3.8) is 0 Å². The summed E-state index contributed by atoms with van der Waals surface area (Å²) in [5.41, 5.74) is 3.88. The molecule has 108 valence electrons. The van der Waals surface area contributed by atoms with Crippen molar-refractivity contribution in [1.29, 1.82) is 0 Å². The van der Waals surface area contributed by atoms with Crippen LogP contribution in [0.4, 0.5) is 0 Å². The normalized spacial score (nSPS) is 19.8. The fraction of sp³-hybridized carbons (Fsp3) is 0.800. The van der Waals surface area contributed by atoms with Crippen molar-refractivity contribution < 1.29 is 0 Å². The standard InChI is InChI=1S/C15H28N4/c1-6-19-13(4)15(12(3)17-19)11(2)16-14-7-9-18(5)10-8-14/h11,14,16H,6-10H2,1-5H3. The fourth-order valence-electron chi connectivity index (χ4n) is 3.26. The van der Waals surface area contributed by atoms with Crippen LogP contribution in [0.25, 0.3) is 0 Å². The summed E-state index contributed by atoms with van der Waals surface area (Å²) >= 11 is 0. The van der Waals surface area contributed by atoms with Gasteiger partial charge in [0, 0.05) is 29.9 Å². The van der Waals surface area contributed by atoms with Crippen LogP contribution in [-0.4, -0.2) is 40.9 Å². The Kier molecular flexibility index (Phi) is 4.63. The van der Waals surface area contributed by atoms with Gasteiger partial charge in [0.25, 0.3) is 0 Å². The molecule has 1 fully saturated rings. The monoisotopic (exact) mass is 264 g/mol. The number of rotatable bonds is 4. The van der Waals surface area contributed by atoms with Crippen LogP contribution in [0.5, 0.6) is 0 Å². The van der Waals surface area contributed by atoms with E-state index in [-0.39, 0.29) is 0 Å². The lowest BCUT2D eigenvalue weighted by molar-refractivity contribution is 0.226. The summed E-state index contributed by atoms with van der Waals surface area (Å²) in [4.78, 5) is 2.41. The first-order chi connectivity index (χ1) is 9.02. The summed E-state index contributed by atoms with van der Waals surface area (Å²) in [6, 6.07) is 1.05. The van der Waals surface area contributed by atoms with Crippen LogP contribution in [-0.2, 0) is 6.54 Å². The summed E-state index contributed by atoms with van der Waals surface area (Å²) in [5, 5.41) is 8.42. The van der Waals surface area contributed by atoms with Crippen LogP contribution in [0.1, 0.15) is 49.7 Å². The molecule has 4 heteroatoms. The van der Waals surface area contributed by atoms with Gasteiger partial charge in [0.05, 0.1) is 5.69 Å². The molecule has 2 heterocycles. The lowest BCUT2D eigenvalue weighted by atomic mass is 10.0. The summed E-state index contributed by atoms with van der Waals surface area (Å²) in [6.07, 6.45) is 2.50. The molecule has 0 spiro atoms. The van der Waals surface area contributed by atoms with E-state index in [0.29, 0.717) is 12.1 Å². The number of nitrogens with zero attached hydrogens (tertiary/aromatic N) is 3. The summed E-state index contributed by atoms with van der Waals surface area (Å²) in [7, 11) is 2.21. The van der Waals surface area contributed by atoms with Crippen LogP contribution in [0.15, 0.2) is 0 Å². The predicted octanol–water partition coefficient (Wildman–Crippen LogP) is 2.26. The van der Waals surface area contributed by atoms with E-state index in [9.17, 15) is 0 Å². The molecule has 1 atom stereocenters. The third-order valence-corrected chi connectivity index (χ3v) is 4.37. The zero-order valence-corrected chi connectivity index (χ0v) is 13.0. The van der Waals surface area contributed by atoms with E-state index in [1.54, 1.807) is 0 Å². The Bertz CT molecular complexity index is 416. The molecule has 1 aliphatic rings. The lowest BCUT2D eigenvalue weighted by Crippen LogP contribution is -2.41. The molecule has 1 N–H and O–H groups in total. The Labute approximate surface area is 117 Å². The molecule has 0 aromatic carbocycles. The van der Waals surface area contributed by atoms with E-state index < -0.39 is 0 Å². The fourth-order valence-corrected chi connectivity index (χ4v) is 3.26. The van der Waals surface area contributed by atoms with Gasteiger partial charge >= 0.3 is 0 Å². The Morgan fingerprint density at radius 1 is 1.32 bits per heavy atom. The largest absolute Gasteiger partial charge is 0.307 e. The molecule has 0 saturated carbocycles. The first-order valence-electron chi connectivity index (χ1n) is 7.51. The highest BCUT2D eigenvalue weighted by Crippen LogP contribution is 2.23. The molecule has 0 radical (unpaired) electrons. The minimum atomic E-state index is 0.397. The maximum absolute atomic E-state index is 4.62. The molecule has 0 bridgehead atoms. The van der Waals surface area contributed by atoms with Gasteiger partial charge in [0.15, 0.2) is 0 Å². The van der Waals surface area contributed by atoms with E-state index >= 15 is 0 Å². The number of hydrogen-bond acceptors (Lipinski definition) is 3. The maximum atomic E-state index is 4.62. The Balaban J connectivity index is 2.03. The van der Waals surface area contributed by atoms with Crippen LogP contribution in [0.2, 0.25) is 0 Å². The van der Waals surface area contributed by atoms with Crippen molar-refractivity contribution in [2.45, 2.75) is 59.2 Å². The van der Waals surface area contributed by atoms with E-state index in [4.69, 9.17) is 0 Å². The van der Waals surface area contributed by atoms with E-state index in [1.165, 1.54) is 42.9 Å². The van der Waals surface area contributed by atoms with Crippen LogP contribution in [0.3, 0.4) is 0 Å². The zero-order valence-electron chi connectivity index (χ0n) is 13.0. The van der Waals surface area contributed by atoms with Crippen molar-refractivity contribution in [2.75, 3.05) is 20.1 Å². The average Bonchev–Trinajstić information content (AvgIpc) is 2.67. The molecule has 2 rings (SSSR count). The molecule has 1 saturated heterocycles. The third-order valence-electron chi connectivity index (χ3n) is 4.37. The number of nitrogens with one attached hydrogen (secondary N) is 1. The van der Waals surface area contributed by atoms with Crippen molar-refractivity contribution in [2.24, 2.45) is 0 Å². The highest BCUT2D eigenvalue weighted by atomic mass is 15.3. The zero-order chi connectivity index (χ0) is 14.0. The molecule has 4 nitrogen and oxygen atoms in total. The number of piperidine rings is 1. The summed E-state index contributed by atoms with van der Waals surface area (Å²) in [5.74, 6) is 0. The molecule has 19 heavy (non-hydrogen) atoms. The van der Waals surface area contributed by atoms with Gasteiger partial charge in [-0.2, -0.15) is 5.10 Å². The van der Waals surface area contributed by atoms with Crippen LogP contribution < -0.4 is 5.32 Å². The second kappa shape index (κ2) is 6.06. The summed E-state index contributed by atoms with van der Waals surface area (Å²) in [6.45, 7) is 12.1. The van der Waals surface area contributed by atoms with Crippen molar-refractivity contribution >= 4 is 0 Å². The average molecular weight is 264 g/mol. The maximum Gasteiger partial charge on any atom is 0.0644 e. The first-order valence-corrected chi connectivity index (χ1v) is 7.51. The minimum Gasteiger partial charge on any atom is -0.307 e. The molecule has 1 aromatic rings. The number of likely N-dealkylation sites (tertiary alicyclic amines) is 1. The Hall–Kier alpha value is -0.870. The van der Waals surface area contributed by atoms with E-state index in [1.807, 2.05) is 0 Å². The van der Waals surface area contributed by atoms with Gasteiger partial charge in [-0.05, 0) is 60.7 Å². The van der Waals surface area contributed by atoms with Gasteiger partial charge in [-0.25, -0.2) is 0 Å². The smallest absolute Gasteiger partial charge is 0.0644 e. The van der Waals surface area contributed by atoms with Gasteiger partial charge in [-0.15, -0.1) is 0 Å². The number of aromatic nitrogens is 2. The quantitative estimate of drug-likeness (QED) is 0.905. The molecule has 1 aliphatic heterocycles. The van der Waals surface area contributed by atoms with Crippen molar-refractivity contribution in [3.8, 4) is 0 Å². The Morgan fingerprint density at radius 3 is 2.47 bits per heavy atom. The minimum absolute atomic E-state index is 0.397. The molecular formula is C15H28N4. The van der Waals surface area contributed by atoms with Crippen molar-refractivity contribution in [1.82, 2.24) is 20.0 Å². The molecule has 1 aromatic heterocycles. The Morgan fingerprint density at radius 2 is 1.95 bits per heavy atom. The van der Waals surface area contributed by atoms with E-state index in [2.05, 4.69) is 54.7 Å². The first kappa shape index (κ1) is 14.5. The number of hydrogen-bond donors (Lipinski definition) is 1. The molecule has 0 amide bonds. The molecular weight excluding hydrogens is 236 g/mol. The van der Waals surface area contributed by atoms with Gasteiger partial charge in [-0.3, -0.25) is 4.68 Å². The van der Waals surface area contributed by atoms with Gasteiger partial charge in [-0.1, -0.05) is 0 Å². The highest BCUT2D eigenvalue weighted by molar-refractivity contribution is 5.27.